The van der Waals surface area contributed by atoms with E-state index in [-0.39, 0.29) is 0 Å². The van der Waals surface area contributed by atoms with E-state index >= 15 is 0 Å². The van der Waals surface area contributed by atoms with Crippen LogP contribution < -0.4 is 15.8 Å². The molecule has 1 aliphatic rings. The minimum atomic E-state index is -0.823. The number of imidazole rings is 1. The number of nitrogens with zero attached hydrogens (tertiary/aromatic N) is 1. The number of primary amides is 1. The summed E-state index contributed by atoms with van der Waals surface area (Å²) in [7, 11) is 0. The van der Waals surface area contributed by atoms with Crippen LogP contribution in [0.3, 0.4) is 0 Å². The van der Waals surface area contributed by atoms with E-state index in [0.29, 0.717) is 17.2 Å². The molecule has 2 heterocycles. The van der Waals surface area contributed by atoms with Gasteiger partial charge in [-0.2, -0.15) is 0 Å². The molecule has 4 N–H and O–H groups in total. The molecule has 3 rings (SSSR count). The molecule has 19 heavy (non-hydrogen) atoms. The predicted octanol–water partition coefficient (Wildman–Crippen LogP) is 1.49. The highest BCUT2D eigenvalue weighted by atomic mass is 16.5. The molecule has 1 amide bonds. The van der Waals surface area contributed by atoms with Gasteiger partial charge in [0.2, 0.25) is 0 Å². The molecule has 0 spiro atoms. The van der Waals surface area contributed by atoms with E-state index < -0.39 is 6.09 Å². The Morgan fingerprint density at radius 3 is 3.11 bits per heavy atom. The second kappa shape index (κ2) is 4.89. The molecule has 1 fully saturated rings. The summed E-state index contributed by atoms with van der Waals surface area (Å²) in [6, 6.07) is 5.41. The summed E-state index contributed by atoms with van der Waals surface area (Å²) in [4.78, 5) is 18.7. The van der Waals surface area contributed by atoms with Crippen molar-refractivity contribution in [2.75, 3.05) is 13.1 Å². The first-order valence-corrected chi connectivity index (χ1v) is 6.40. The summed E-state index contributed by atoms with van der Waals surface area (Å²) in [6.45, 7) is 1.98. The van der Waals surface area contributed by atoms with E-state index in [1.54, 1.807) is 6.07 Å². The summed E-state index contributed by atoms with van der Waals surface area (Å²) >= 11 is 0. The van der Waals surface area contributed by atoms with Gasteiger partial charge in [-0.25, -0.2) is 9.78 Å². The number of carbonyl (C=O) groups is 1. The Labute approximate surface area is 110 Å². The Kier molecular flexibility index (Phi) is 3.08. The fraction of sp³-hybridized carbons (Fsp3) is 0.385. The van der Waals surface area contributed by atoms with Crippen molar-refractivity contribution in [3.8, 4) is 5.75 Å². The Morgan fingerprint density at radius 1 is 1.47 bits per heavy atom. The zero-order valence-corrected chi connectivity index (χ0v) is 10.5. The monoisotopic (exact) mass is 260 g/mol. The van der Waals surface area contributed by atoms with Crippen molar-refractivity contribution in [3.05, 3.63) is 24.0 Å². The average molecular weight is 260 g/mol. The minimum absolute atomic E-state index is 0.377. The standard InChI is InChI=1S/C13H16N4O2/c14-13(18)19-10-5-1-4-9-11(10)17-12(16-9)8-3-2-6-15-7-8/h1,4-5,8,15H,2-3,6-7H2,(H2,14,18)(H,16,17). The van der Waals surface area contributed by atoms with Crippen molar-refractivity contribution >= 4 is 17.1 Å². The molecule has 1 atom stereocenters. The predicted molar refractivity (Wildman–Crippen MR) is 71.1 cm³/mol. The van der Waals surface area contributed by atoms with Crippen molar-refractivity contribution in [1.29, 1.82) is 0 Å². The quantitative estimate of drug-likeness (QED) is 0.762. The van der Waals surface area contributed by atoms with Gasteiger partial charge in [-0.05, 0) is 31.5 Å². The number of nitrogens with two attached hydrogens (primary N) is 1. The molecule has 100 valence electrons. The van der Waals surface area contributed by atoms with Gasteiger partial charge in [0.1, 0.15) is 11.3 Å². The highest BCUT2D eigenvalue weighted by Crippen LogP contribution is 2.28. The lowest BCUT2D eigenvalue weighted by Gasteiger charge is -2.20. The lowest BCUT2D eigenvalue weighted by atomic mass is 9.99. The number of hydrogen-bond acceptors (Lipinski definition) is 4. The van der Waals surface area contributed by atoms with Crippen molar-refractivity contribution in [3.63, 3.8) is 0 Å². The first-order valence-electron chi connectivity index (χ1n) is 6.40. The number of rotatable bonds is 2. The van der Waals surface area contributed by atoms with E-state index in [0.717, 1.165) is 37.3 Å². The molecule has 0 saturated carbocycles. The fourth-order valence-electron chi connectivity index (χ4n) is 2.49. The third-order valence-electron chi connectivity index (χ3n) is 3.39. The van der Waals surface area contributed by atoms with Crippen LogP contribution >= 0.6 is 0 Å². The molecule has 2 aromatic rings. The average Bonchev–Trinajstić information content (AvgIpc) is 2.84. The third-order valence-corrected chi connectivity index (χ3v) is 3.39. The molecule has 0 bridgehead atoms. The third kappa shape index (κ3) is 2.39. The molecule has 6 nitrogen and oxygen atoms in total. The lowest BCUT2D eigenvalue weighted by Crippen LogP contribution is -2.28. The zero-order chi connectivity index (χ0) is 13.2. The largest absolute Gasteiger partial charge is 0.410 e. The molecular weight excluding hydrogens is 244 g/mol. The van der Waals surface area contributed by atoms with Gasteiger partial charge >= 0.3 is 6.09 Å². The molecule has 0 radical (unpaired) electrons. The van der Waals surface area contributed by atoms with Crippen LogP contribution in [-0.4, -0.2) is 29.2 Å². The molecule has 1 aromatic heterocycles. The maximum atomic E-state index is 10.9. The molecule has 6 heteroatoms. The summed E-state index contributed by atoms with van der Waals surface area (Å²) in [5, 5.41) is 3.36. The SMILES string of the molecule is NC(=O)Oc1cccc2[nH]c(C3CCCNC3)nc12. The summed E-state index contributed by atoms with van der Waals surface area (Å²) in [5.41, 5.74) is 6.57. The van der Waals surface area contributed by atoms with Crippen LogP contribution in [0.5, 0.6) is 5.75 Å². The van der Waals surface area contributed by atoms with Gasteiger partial charge in [0, 0.05) is 12.5 Å². The fourth-order valence-corrected chi connectivity index (χ4v) is 2.49. The number of ether oxygens (including phenoxy) is 1. The highest BCUT2D eigenvalue weighted by molar-refractivity contribution is 5.84. The van der Waals surface area contributed by atoms with Crippen LogP contribution in [0.2, 0.25) is 0 Å². The Morgan fingerprint density at radius 2 is 2.37 bits per heavy atom. The van der Waals surface area contributed by atoms with Crippen LogP contribution in [0.25, 0.3) is 11.0 Å². The van der Waals surface area contributed by atoms with Crippen molar-refractivity contribution in [1.82, 2.24) is 15.3 Å². The molecule has 1 saturated heterocycles. The second-order valence-corrected chi connectivity index (χ2v) is 4.74. The van der Waals surface area contributed by atoms with Crippen LogP contribution in [0, 0.1) is 0 Å². The normalized spacial score (nSPS) is 19.5. The smallest absolute Gasteiger partial charge is 0.408 e. The summed E-state index contributed by atoms with van der Waals surface area (Å²) < 4.78 is 4.97. The Balaban J connectivity index is 1.97. The molecular formula is C13H16N4O2. The van der Waals surface area contributed by atoms with Crippen LogP contribution in [0.4, 0.5) is 4.79 Å². The molecule has 0 aliphatic carbocycles. The number of benzene rings is 1. The van der Waals surface area contributed by atoms with Gasteiger partial charge in [-0.15, -0.1) is 0 Å². The summed E-state index contributed by atoms with van der Waals surface area (Å²) in [5.74, 6) is 1.71. The van der Waals surface area contributed by atoms with E-state index in [1.165, 1.54) is 0 Å². The number of nitrogens with one attached hydrogen (secondary N) is 2. The first kappa shape index (κ1) is 12.0. The van der Waals surface area contributed by atoms with Crippen molar-refractivity contribution in [2.24, 2.45) is 5.73 Å². The number of H-pyrrole nitrogens is 1. The van der Waals surface area contributed by atoms with Gasteiger partial charge in [0.05, 0.1) is 5.52 Å². The number of aromatic amines is 1. The Hall–Kier alpha value is -2.08. The maximum Gasteiger partial charge on any atom is 0.410 e. The van der Waals surface area contributed by atoms with E-state index in [4.69, 9.17) is 10.5 Å². The van der Waals surface area contributed by atoms with Crippen LogP contribution in [0.1, 0.15) is 24.6 Å². The van der Waals surface area contributed by atoms with Crippen molar-refractivity contribution < 1.29 is 9.53 Å². The number of aromatic nitrogens is 2. The van der Waals surface area contributed by atoms with Gasteiger partial charge < -0.3 is 20.8 Å². The van der Waals surface area contributed by atoms with E-state index in [1.807, 2.05) is 12.1 Å². The zero-order valence-electron chi connectivity index (χ0n) is 10.5. The number of piperidine rings is 1. The highest BCUT2D eigenvalue weighted by Gasteiger charge is 2.19. The number of carbonyl (C=O) groups excluding carboxylic acids is 1. The lowest BCUT2D eigenvalue weighted by molar-refractivity contribution is 0.211. The summed E-state index contributed by atoms with van der Waals surface area (Å²) in [6.07, 6.45) is 1.43. The second-order valence-electron chi connectivity index (χ2n) is 4.74. The van der Waals surface area contributed by atoms with Gasteiger partial charge in [0.25, 0.3) is 0 Å². The van der Waals surface area contributed by atoms with E-state index in [9.17, 15) is 4.79 Å². The number of amides is 1. The molecule has 1 aromatic carbocycles. The van der Waals surface area contributed by atoms with Gasteiger partial charge in [-0.3, -0.25) is 0 Å². The van der Waals surface area contributed by atoms with Crippen molar-refractivity contribution in [2.45, 2.75) is 18.8 Å². The van der Waals surface area contributed by atoms with Gasteiger partial charge in [-0.1, -0.05) is 6.07 Å². The van der Waals surface area contributed by atoms with Crippen LogP contribution in [0.15, 0.2) is 18.2 Å². The van der Waals surface area contributed by atoms with Gasteiger partial charge in [0.15, 0.2) is 5.75 Å². The Bertz CT molecular complexity index is 602. The van der Waals surface area contributed by atoms with Crippen LogP contribution in [-0.2, 0) is 0 Å². The number of hydrogen-bond donors (Lipinski definition) is 3. The molecule has 1 aliphatic heterocycles. The number of para-hydroxylation sites is 1. The maximum absolute atomic E-state index is 10.9. The number of fused-ring (bicyclic) bond motifs is 1. The minimum Gasteiger partial charge on any atom is -0.408 e. The molecule has 1 unspecified atom stereocenters. The topological polar surface area (TPSA) is 93.0 Å². The first-order chi connectivity index (χ1) is 9.24. The van der Waals surface area contributed by atoms with E-state index in [2.05, 4.69) is 15.3 Å².